The van der Waals surface area contributed by atoms with Crippen LogP contribution in [0.1, 0.15) is 17.5 Å². The van der Waals surface area contributed by atoms with Gasteiger partial charge in [0.05, 0.1) is 0 Å². The van der Waals surface area contributed by atoms with Gasteiger partial charge >= 0.3 is 0 Å². The first-order valence-electron chi connectivity index (χ1n) is 8.15. The van der Waals surface area contributed by atoms with Gasteiger partial charge in [0.2, 0.25) is 5.91 Å². The molecular weight excluding hydrogens is 314 g/mol. The predicted molar refractivity (Wildman–Crippen MR) is 102 cm³/mol. The fourth-order valence-corrected chi connectivity index (χ4v) is 3.48. The van der Waals surface area contributed by atoms with Crippen LogP contribution in [-0.4, -0.2) is 11.7 Å². The Morgan fingerprint density at radius 1 is 0.958 bits per heavy atom. The Labute approximate surface area is 147 Å². The van der Waals surface area contributed by atoms with Gasteiger partial charge in [-0.05, 0) is 35.4 Å². The Kier molecular flexibility index (Phi) is 5.55. The van der Waals surface area contributed by atoms with E-state index in [9.17, 15) is 4.79 Å². The summed E-state index contributed by atoms with van der Waals surface area (Å²) < 4.78 is 0. The Bertz CT molecular complexity index is 821. The maximum Gasteiger partial charge on any atom is 0.221 e. The molecule has 0 saturated heterocycles. The summed E-state index contributed by atoms with van der Waals surface area (Å²) in [6.07, 6.45) is 0.531. The van der Waals surface area contributed by atoms with E-state index in [1.165, 1.54) is 21.2 Å². The Morgan fingerprint density at radius 2 is 1.71 bits per heavy atom. The predicted octanol–water partition coefficient (Wildman–Crippen LogP) is 4.95. The molecule has 3 heteroatoms. The van der Waals surface area contributed by atoms with Crippen LogP contribution < -0.4 is 5.32 Å². The zero-order valence-corrected chi connectivity index (χ0v) is 14.6. The molecule has 0 bridgehead atoms. The van der Waals surface area contributed by atoms with Gasteiger partial charge < -0.3 is 5.32 Å². The molecule has 0 unspecified atom stereocenters. The van der Waals surface area contributed by atoms with Gasteiger partial charge in [-0.2, -0.15) is 0 Å². The van der Waals surface area contributed by atoms with Crippen LogP contribution in [0.4, 0.5) is 0 Å². The summed E-state index contributed by atoms with van der Waals surface area (Å²) in [7, 11) is 0. The van der Waals surface area contributed by atoms with Crippen LogP contribution in [0, 0.1) is 6.92 Å². The number of amides is 1. The van der Waals surface area contributed by atoms with E-state index in [1.807, 2.05) is 18.2 Å². The largest absolute Gasteiger partial charge is 0.352 e. The molecule has 0 aliphatic rings. The van der Waals surface area contributed by atoms with Crippen LogP contribution in [-0.2, 0) is 11.3 Å². The van der Waals surface area contributed by atoms with Crippen molar-refractivity contribution in [3.8, 4) is 0 Å². The number of thioether (sulfide) groups is 1. The summed E-state index contributed by atoms with van der Waals surface area (Å²) in [5, 5.41) is 5.44. The number of nitrogens with one attached hydrogen (secondary N) is 1. The zero-order valence-electron chi connectivity index (χ0n) is 13.8. The highest BCUT2D eigenvalue weighted by atomic mass is 32.2. The van der Waals surface area contributed by atoms with Crippen molar-refractivity contribution in [3.05, 3.63) is 77.9 Å². The maximum atomic E-state index is 12.1. The minimum atomic E-state index is 0.0996. The second kappa shape index (κ2) is 8.02. The highest BCUT2D eigenvalue weighted by Gasteiger charge is 2.04. The minimum Gasteiger partial charge on any atom is -0.352 e. The van der Waals surface area contributed by atoms with Crippen LogP contribution in [0.3, 0.4) is 0 Å². The van der Waals surface area contributed by atoms with E-state index in [4.69, 9.17) is 0 Å². The number of hydrogen-bond acceptors (Lipinski definition) is 2. The Morgan fingerprint density at radius 3 is 2.54 bits per heavy atom. The van der Waals surface area contributed by atoms with Crippen LogP contribution >= 0.6 is 11.8 Å². The maximum absolute atomic E-state index is 12.1. The van der Waals surface area contributed by atoms with Gasteiger partial charge in [0, 0.05) is 23.6 Å². The van der Waals surface area contributed by atoms with Crippen molar-refractivity contribution in [1.82, 2.24) is 5.32 Å². The molecule has 3 aromatic carbocycles. The van der Waals surface area contributed by atoms with E-state index < -0.39 is 0 Å². The quantitative estimate of drug-likeness (QED) is 0.646. The number of aryl methyl sites for hydroxylation is 1. The van der Waals surface area contributed by atoms with E-state index in [0.29, 0.717) is 13.0 Å². The van der Waals surface area contributed by atoms with Crippen molar-refractivity contribution in [2.75, 3.05) is 5.75 Å². The normalized spacial score (nSPS) is 10.7. The van der Waals surface area contributed by atoms with Crippen molar-refractivity contribution in [2.45, 2.75) is 24.8 Å². The molecule has 0 radical (unpaired) electrons. The van der Waals surface area contributed by atoms with Crippen molar-refractivity contribution >= 4 is 28.4 Å². The summed E-state index contributed by atoms with van der Waals surface area (Å²) in [5.41, 5.74) is 2.42. The summed E-state index contributed by atoms with van der Waals surface area (Å²) in [6, 6.07) is 22.9. The SMILES string of the molecule is Cc1ccc(SCCC(=O)NCc2cccc3ccccc23)cc1. The lowest BCUT2D eigenvalue weighted by Crippen LogP contribution is -2.23. The van der Waals surface area contributed by atoms with Crippen LogP contribution in [0.5, 0.6) is 0 Å². The molecule has 0 atom stereocenters. The molecule has 2 nitrogen and oxygen atoms in total. The van der Waals surface area contributed by atoms with E-state index in [0.717, 1.165) is 11.3 Å². The second-order valence-corrected chi connectivity index (χ2v) is 6.99. The third-order valence-electron chi connectivity index (χ3n) is 3.97. The number of benzene rings is 3. The van der Waals surface area contributed by atoms with E-state index >= 15 is 0 Å². The first kappa shape index (κ1) is 16.6. The monoisotopic (exact) mass is 335 g/mol. The molecule has 3 rings (SSSR count). The van der Waals surface area contributed by atoms with Gasteiger partial charge in [0.15, 0.2) is 0 Å². The van der Waals surface area contributed by atoms with Gasteiger partial charge in [0.1, 0.15) is 0 Å². The molecule has 24 heavy (non-hydrogen) atoms. The summed E-state index contributed by atoms with van der Waals surface area (Å²) in [5.74, 6) is 0.896. The molecule has 1 amide bonds. The van der Waals surface area contributed by atoms with Gasteiger partial charge in [-0.1, -0.05) is 60.2 Å². The van der Waals surface area contributed by atoms with E-state index in [-0.39, 0.29) is 5.91 Å². The first-order valence-corrected chi connectivity index (χ1v) is 9.14. The van der Waals surface area contributed by atoms with Crippen LogP contribution in [0.2, 0.25) is 0 Å². The van der Waals surface area contributed by atoms with Crippen molar-refractivity contribution < 1.29 is 4.79 Å². The minimum absolute atomic E-state index is 0.0996. The molecule has 0 aliphatic heterocycles. The van der Waals surface area contributed by atoms with E-state index in [1.54, 1.807) is 11.8 Å². The number of hydrogen-bond donors (Lipinski definition) is 1. The number of fused-ring (bicyclic) bond motifs is 1. The molecule has 0 spiro atoms. The zero-order chi connectivity index (χ0) is 16.8. The smallest absolute Gasteiger partial charge is 0.221 e. The molecule has 0 aliphatic carbocycles. The fourth-order valence-electron chi connectivity index (χ4n) is 2.62. The average molecular weight is 335 g/mol. The average Bonchev–Trinajstić information content (AvgIpc) is 2.61. The molecule has 0 saturated carbocycles. The second-order valence-electron chi connectivity index (χ2n) is 5.83. The molecular formula is C21H21NOS. The third-order valence-corrected chi connectivity index (χ3v) is 4.99. The van der Waals surface area contributed by atoms with Gasteiger partial charge in [0.25, 0.3) is 0 Å². The van der Waals surface area contributed by atoms with E-state index in [2.05, 4.69) is 60.8 Å². The van der Waals surface area contributed by atoms with Gasteiger partial charge in [-0.3, -0.25) is 4.79 Å². The summed E-state index contributed by atoms with van der Waals surface area (Å²) in [6.45, 7) is 2.66. The number of carbonyl (C=O) groups is 1. The van der Waals surface area contributed by atoms with Crippen LogP contribution in [0.25, 0.3) is 10.8 Å². The lowest BCUT2D eigenvalue weighted by Gasteiger charge is -2.08. The fraction of sp³-hybridized carbons (Fsp3) is 0.190. The standard InChI is InChI=1S/C21H21NOS/c1-16-9-11-19(12-10-16)24-14-13-21(23)22-15-18-7-4-6-17-5-2-3-8-20(17)18/h2-12H,13-15H2,1H3,(H,22,23). The highest BCUT2D eigenvalue weighted by Crippen LogP contribution is 2.20. The Hall–Kier alpha value is -2.26. The lowest BCUT2D eigenvalue weighted by molar-refractivity contribution is -0.120. The first-order chi connectivity index (χ1) is 11.7. The van der Waals surface area contributed by atoms with Crippen molar-refractivity contribution in [2.24, 2.45) is 0 Å². The molecule has 3 aromatic rings. The summed E-state index contributed by atoms with van der Waals surface area (Å²) >= 11 is 1.72. The molecule has 0 aromatic heterocycles. The number of carbonyl (C=O) groups excluding carboxylic acids is 1. The molecule has 0 fully saturated rings. The molecule has 0 heterocycles. The molecule has 122 valence electrons. The Balaban J connectivity index is 1.49. The van der Waals surface area contributed by atoms with Gasteiger partial charge in [-0.25, -0.2) is 0 Å². The molecule has 1 N–H and O–H groups in total. The summed E-state index contributed by atoms with van der Waals surface area (Å²) in [4.78, 5) is 13.3. The van der Waals surface area contributed by atoms with Crippen molar-refractivity contribution in [1.29, 1.82) is 0 Å². The number of rotatable bonds is 6. The van der Waals surface area contributed by atoms with Gasteiger partial charge in [-0.15, -0.1) is 11.8 Å². The highest BCUT2D eigenvalue weighted by molar-refractivity contribution is 7.99. The third kappa shape index (κ3) is 4.39. The topological polar surface area (TPSA) is 29.1 Å². The van der Waals surface area contributed by atoms with Crippen molar-refractivity contribution in [3.63, 3.8) is 0 Å². The van der Waals surface area contributed by atoms with Crippen LogP contribution in [0.15, 0.2) is 71.6 Å². The lowest BCUT2D eigenvalue weighted by atomic mass is 10.0.